The Balaban J connectivity index is 2.35. The first-order valence-electron chi connectivity index (χ1n) is 6.20. The predicted molar refractivity (Wildman–Crippen MR) is 81.5 cm³/mol. The van der Waals surface area contributed by atoms with Crippen LogP contribution >= 0.6 is 0 Å². The Morgan fingerprint density at radius 2 is 1.63 bits per heavy atom. The number of rotatable bonds is 4. The molecule has 0 heterocycles. The van der Waals surface area contributed by atoms with Crippen molar-refractivity contribution < 1.29 is 4.79 Å². The maximum atomic E-state index is 11.1. The number of carbonyl (C=O) groups excluding carboxylic acids is 1. The zero-order valence-electron chi connectivity index (χ0n) is 11.2. The molecule has 0 unspecified atom stereocenters. The molecule has 19 heavy (non-hydrogen) atoms. The number of hydrogen-bond donors (Lipinski definition) is 0. The molecule has 0 atom stereocenters. The van der Waals surface area contributed by atoms with E-state index in [4.69, 9.17) is 0 Å². The molecule has 2 rings (SSSR count). The summed E-state index contributed by atoms with van der Waals surface area (Å²) in [6.07, 6.45) is 4.89. The van der Waals surface area contributed by atoms with Gasteiger partial charge in [0.15, 0.2) is 6.29 Å². The van der Waals surface area contributed by atoms with Gasteiger partial charge in [0.1, 0.15) is 0 Å². The second-order valence-electron chi connectivity index (χ2n) is 4.57. The van der Waals surface area contributed by atoms with Crippen molar-refractivity contribution >= 4 is 24.1 Å². The van der Waals surface area contributed by atoms with Gasteiger partial charge in [-0.15, -0.1) is 0 Å². The van der Waals surface area contributed by atoms with Gasteiger partial charge in [0.25, 0.3) is 0 Å². The van der Waals surface area contributed by atoms with Crippen LogP contribution in [0.2, 0.25) is 0 Å². The van der Waals surface area contributed by atoms with Gasteiger partial charge in [-0.3, -0.25) is 4.79 Å². The zero-order valence-corrected chi connectivity index (χ0v) is 11.2. The van der Waals surface area contributed by atoms with Crippen LogP contribution in [0.3, 0.4) is 0 Å². The van der Waals surface area contributed by atoms with Crippen molar-refractivity contribution in [1.82, 2.24) is 0 Å². The Morgan fingerprint density at radius 3 is 2.26 bits per heavy atom. The Kier molecular flexibility index (Phi) is 4.14. The number of nitrogens with zero attached hydrogens (tertiary/aromatic N) is 1. The lowest BCUT2D eigenvalue weighted by atomic mass is 10.1. The fourth-order valence-electron chi connectivity index (χ4n) is 1.84. The highest BCUT2D eigenvalue weighted by Crippen LogP contribution is 2.19. The van der Waals surface area contributed by atoms with Crippen molar-refractivity contribution in [3.8, 4) is 0 Å². The summed E-state index contributed by atoms with van der Waals surface area (Å²) in [5, 5.41) is 0. The SMILES string of the molecule is CN(C)c1ccc(C=O)c(C=Cc2ccccc2)c1. The van der Waals surface area contributed by atoms with Crippen LogP contribution in [0.1, 0.15) is 21.5 Å². The number of anilines is 1. The number of benzene rings is 2. The third-order valence-electron chi connectivity index (χ3n) is 2.97. The van der Waals surface area contributed by atoms with Crippen LogP contribution in [0.4, 0.5) is 5.69 Å². The Hall–Kier alpha value is -2.35. The van der Waals surface area contributed by atoms with E-state index in [-0.39, 0.29) is 0 Å². The highest BCUT2D eigenvalue weighted by atomic mass is 16.1. The maximum absolute atomic E-state index is 11.1. The summed E-state index contributed by atoms with van der Waals surface area (Å²) in [5.41, 5.74) is 3.84. The second kappa shape index (κ2) is 6.01. The van der Waals surface area contributed by atoms with Crippen LogP contribution in [0.25, 0.3) is 12.2 Å². The predicted octanol–water partition coefficient (Wildman–Crippen LogP) is 3.74. The number of carbonyl (C=O) groups is 1. The fourth-order valence-corrected chi connectivity index (χ4v) is 1.84. The monoisotopic (exact) mass is 251 g/mol. The fraction of sp³-hybridized carbons (Fsp3) is 0.118. The van der Waals surface area contributed by atoms with E-state index >= 15 is 0 Å². The second-order valence-corrected chi connectivity index (χ2v) is 4.57. The lowest BCUT2D eigenvalue weighted by Gasteiger charge is -2.13. The van der Waals surface area contributed by atoms with E-state index in [2.05, 4.69) is 0 Å². The quantitative estimate of drug-likeness (QED) is 0.609. The minimum Gasteiger partial charge on any atom is -0.378 e. The van der Waals surface area contributed by atoms with Crippen LogP contribution < -0.4 is 4.90 Å². The summed E-state index contributed by atoms with van der Waals surface area (Å²) in [6.45, 7) is 0. The van der Waals surface area contributed by atoms with Gasteiger partial charge in [-0.2, -0.15) is 0 Å². The van der Waals surface area contributed by atoms with Gasteiger partial charge < -0.3 is 4.90 Å². The van der Waals surface area contributed by atoms with E-state index < -0.39 is 0 Å². The summed E-state index contributed by atoms with van der Waals surface area (Å²) in [5.74, 6) is 0. The lowest BCUT2D eigenvalue weighted by Crippen LogP contribution is -2.08. The smallest absolute Gasteiger partial charge is 0.150 e. The Labute approximate surface area is 114 Å². The van der Waals surface area contributed by atoms with Crippen molar-refractivity contribution in [2.75, 3.05) is 19.0 Å². The molecular weight excluding hydrogens is 234 g/mol. The third kappa shape index (κ3) is 3.32. The summed E-state index contributed by atoms with van der Waals surface area (Å²) < 4.78 is 0. The Bertz CT molecular complexity index is 585. The highest BCUT2D eigenvalue weighted by molar-refractivity contribution is 5.86. The molecule has 2 heteroatoms. The van der Waals surface area contributed by atoms with E-state index in [0.29, 0.717) is 5.56 Å². The third-order valence-corrected chi connectivity index (χ3v) is 2.97. The molecule has 0 aliphatic rings. The molecule has 0 saturated carbocycles. The number of hydrogen-bond acceptors (Lipinski definition) is 2. The first-order chi connectivity index (χ1) is 9.20. The van der Waals surface area contributed by atoms with Crippen molar-refractivity contribution in [2.24, 2.45) is 0 Å². The Morgan fingerprint density at radius 1 is 0.895 bits per heavy atom. The van der Waals surface area contributed by atoms with Gasteiger partial charge in [-0.05, 0) is 29.3 Å². The molecule has 0 amide bonds. The molecule has 2 nitrogen and oxygen atoms in total. The summed E-state index contributed by atoms with van der Waals surface area (Å²) >= 11 is 0. The molecule has 0 aliphatic carbocycles. The van der Waals surface area contributed by atoms with Crippen LogP contribution in [-0.4, -0.2) is 20.4 Å². The van der Waals surface area contributed by atoms with E-state index in [1.807, 2.05) is 79.7 Å². The van der Waals surface area contributed by atoms with Crippen molar-refractivity contribution in [3.63, 3.8) is 0 Å². The topological polar surface area (TPSA) is 20.3 Å². The summed E-state index contributed by atoms with van der Waals surface area (Å²) in [6, 6.07) is 15.9. The minimum atomic E-state index is 0.706. The van der Waals surface area contributed by atoms with Crippen molar-refractivity contribution in [2.45, 2.75) is 0 Å². The maximum Gasteiger partial charge on any atom is 0.150 e. The van der Waals surface area contributed by atoms with E-state index in [1.54, 1.807) is 0 Å². The first kappa shape index (κ1) is 13.1. The van der Waals surface area contributed by atoms with Crippen LogP contribution in [0.5, 0.6) is 0 Å². The molecule has 0 saturated heterocycles. The van der Waals surface area contributed by atoms with Gasteiger partial charge in [0.2, 0.25) is 0 Å². The molecule has 0 spiro atoms. The molecule has 96 valence electrons. The molecule has 0 aliphatic heterocycles. The molecular formula is C17H17NO. The standard InChI is InChI=1S/C17H17NO/c1-18(2)17-11-10-16(13-19)15(12-17)9-8-14-6-4-3-5-7-14/h3-13H,1-2H3. The molecule has 2 aromatic carbocycles. The minimum absolute atomic E-state index is 0.706. The average Bonchev–Trinajstić information content (AvgIpc) is 2.45. The van der Waals surface area contributed by atoms with Gasteiger partial charge in [0, 0.05) is 25.3 Å². The van der Waals surface area contributed by atoms with Gasteiger partial charge in [0.05, 0.1) is 0 Å². The van der Waals surface area contributed by atoms with E-state index in [9.17, 15) is 4.79 Å². The summed E-state index contributed by atoms with van der Waals surface area (Å²) in [7, 11) is 3.97. The van der Waals surface area contributed by atoms with Gasteiger partial charge >= 0.3 is 0 Å². The highest BCUT2D eigenvalue weighted by Gasteiger charge is 2.02. The summed E-state index contributed by atoms with van der Waals surface area (Å²) in [4.78, 5) is 13.1. The molecule has 0 fully saturated rings. The van der Waals surface area contributed by atoms with Crippen molar-refractivity contribution in [1.29, 1.82) is 0 Å². The average molecular weight is 251 g/mol. The molecule has 0 aromatic heterocycles. The molecule has 0 bridgehead atoms. The van der Waals surface area contributed by atoms with Crippen LogP contribution in [0.15, 0.2) is 48.5 Å². The molecule has 2 aromatic rings. The van der Waals surface area contributed by atoms with Crippen LogP contribution in [0, 0.1) is 0 Å². The van der Waals surface area contributed by atoms with Gasteiger partial charge in [-0.1, -0.05) is 42.5 Å². The number of aldehydes is 1. The van der Waals surface area contributed by atoms with E-state index in [0.717, 1.165) is 23.1 Å². The lowest BCUT2D eigenvalue weighted by molar-refractivity contribution is 0.112. The zero-order chi connectivity index (χ0) is 13.7. The van der Waals surface area contributed by atoms with Crippen LogP contribution in [-0.2, 0) is 0 Å². The van der Waals surface area contributed by atoms with Crippen molar-refractivity contribution in [3.05, 3.63) is 65.2 Å². The largest absolute Gasteiger partial charge is 0.378 e. The van der Waals surface area contributed by atoms with Gasteiger partial charge in [-0.25, -0.2) is 0 Å². The first-order valence-corrected chi connectivity index (χ1v) is 6.20. The normalized spacial score (nSPS) is 10.6. The van der Waals surface area contributed by atoms with E-state index in [1.165, 1.54) is 0 Å². The molecule has 0 N–H and O–H groups in total. The molecule has 0 radical (unpaired) electrons.